The van der Waals surface area contributed by atoms with Gasteiger partial charge in [0.15, 0.2) is 0 Å². The average Bonchev–Trinajstić information content (AvgIpc) is 1.89. The molecule has 0 aromatic heterocycles. The average molecular weight is 133 g/mol. The van der Waals surface area contributed by atoms with Gasteiger partial charge in [0.25, 0.3) is 0 Å². The third kappa shape index (κ3) is 2.76. The highest BCUT2D eigenvalue weighted by molar-refractivity contribution is 4.81. The number of rotatable bonds is 4. The number of aliphatic hydroxyl groups is 1. The van der Waals surface area contributed by atoms with Crippen LogP contribution in [-0.4, -0.2) is 37.4 Å². The van der Waals surface area contributed by atoms with Gasteiger partial charge in [-0.25, -0.2) is 0 Å². The molecule has 9 heavy (non-hydrogen) atoms. The van der Waals surface area contributed by atoms with Crippen molar-refractivity contribution in [2.45, 2.75) is 5.60 Å². The summed E-state index contributed by atoms with van der Waals surface area (Å²) in [6.45, 7) is 0.842. The van der Waals surface area contributed by atoms with E-state index in [2.05, 4.69) is 5.32 Å². The lowest BCUT2D eigenvalue weighted by atomic mass is 10.1. The van der Waals surface area contributed by atoms with Crippen molar-refractivity contribution in [3.63, 3.8) is 0 Å². The molecule has 0 aliphatic rings. The minimum absolute atomic E-state index is 0.199. The third-order valence-corrected chi connectivity index (χ3v) is 1.27. The molecule has 0 rings (SSSR count). The third-order valence-electron chi connectivity index (χ3n) is 1.27. The zero-order valence-electron chi connectivity index (χ0n) is 5.72. The molecule has 0 amide bonds. The van der Waals surface area contributed by atoms with Crippen molar-refractivity contribution in [2.75, 3.05) is 26.7 Å². The Kier molecular flexibility index (Phi) is 3.72. The largest absolute Gasteiger partial charge is 0.386 e. The second kappa shape index (κ2) is 3.79. The molecule has 4 heteroatoms. The first-order valence-corrected chi connectivity index (χ1v) is 2.95. The Hall–Kier alpha value is -0.160. The van der Waals surface area contributed by atoms with Gasteiger partial charge in [0.2, 0.25) is 0 Å². The molecule has 0 aromatic carbocycles. The van der Waals surface area contributed by atoms with E-state index >= 15 is 0 Å². The molecular weight excluding hydrogens is 118 g/mol. The maximum Gasteiger partial charge on any atom is 0.101 e. The van der Waals surface area contributed by atoms with Crippen LogP contribution in [-0.2, 0) is 0 Å². The highest BCUT2D eigenvalue weighted by atomic mass is 16.3. The molecule has 0 bridgehead atoms. The Labute approximate surface area is 55.2 Å². The van der Waals surface area contributed by atoms with Crippen LogP contribution in [0.4, 0.5) is 0 Å². The van der Waals surface area contributed by atoms with Gasteiger partial charge in [-0.1, -0.05) is 0 Å². The highest BCUT2D eigenvalue weighted by Crippen LogP contribution is 1.95. The molecule has 0 aliphatic heterocycles. The molecule has 0 radical (unpaired) electrons. The van der Waals surface area contributed by atoms with Crippen LogP contribution >= 0.6 is 0 Å². The van der Waals surface area contributed by atoms with Gasteiger partial charge in [-0.2, -0.15) is 0 Å². The number of hydrogen-bond acceptors (Lipinski definition) is 4. The smallest absolute Gasteiger partial charge is 0.101 e. The van der Waals surface area contributed by atoms with Crippen LogP contribution in [0.5, 0.6) is 0 Å². The van der Waals surface area contributed by atoms with Gasteiger partial charge < -0.3 is 21.9 Å². The molecule has 0 saturated carbocycles. The summed E-state index contributed by atoms with van der Waals surface area (Å²) in [7, 11) is 1.75. The van der Waals surface area contributed by atoms with Crippen LogP contribution in [0.3, 0.4) is 0 Å². The maximum absolute atomic E-state index is 9.32. The van der Waals surface area contributed by atoms with Gasteiger partial charge in [-0.05, 0) is 7.05 Å². The SMILES string of the molecule is CNCC(O)(CN)CN. The number of nitrogens with two attached hydrogens (primary N) is 2. The van der Waals surface area contributed by atoms with E-state index in [0.717, 1.165) is 0 Å². The van der Waals surface area contributed by atoms with Crippen LogP contribution < -0.4 is 16.8 Å². The van der Waals surface area contributed by atoms with Gasteiger partial charge in [-0.15, -0.1) is 0 Å². The lowest BCUT2D eigenvalue weighted by Crippen LogP contribution is -2.51. The molecule has 0 heterocycles. The second-order valence-electron chi connectivity index (χ2n) is 2.16. The molecule has 0 unspecified atom stereocenters. The zero-order valence-corrected chi connectivity index (χ0v) is 5.72. The molecule has 0 aliphatic carbocycles. The summed E-state index contributed by atoms with van der Waals surface area (Å²) in [5.74, 6) is 0. The second-order valence-corrected chi connectivity index (χ2v) is 2.16. The summed E-state index contributed by atoms with van der Waals surface area (Å²) in [6.07, 6.45) is 0. The summed E-state index contributed by atoms with van der Waals surface area (Å²) in [5.41, 5.74) is 9.55. The van der Waals surface area contributed by atoms with Crippen LogP contribution in [0.1, 0.15) is 0 Å². The van der Waals surface area contributed by atoms with Crippen LogP contribution in [0.15, 0.2) is 0 Å². The quantitative estimate of drug-likeness (QED) is 0.352. The number of likely N-dealkylation sites (N-methyl/N-ethyl adjacent to an activating group) is 1. The van der Waals surface area contributed by atoms with Gasteiger partial charge in [0, 0.05) is 19.6 Å². The Morgan fingerprint density at radius 1 is 1.44 bits per heavy atom. The fourth-order valence-corrected chi connectivity index (χ4v) is 0.557. The number of nitrogens with one attached hydrogen (secondary N) is 1. The summed E-state index contributed by atoms with van der Waals surface area (Å²) in [6, 6.07) is 0. The molecule has 6 N–H and O–H groups in total. The van der Waals surface area contributed by atoms with Crippen LogP contribution in [0.25, 0.3) is 0 Å². The topological polar surface area (TPSA) is 84.3 Å². The fourth-order valence-electron chi connectivity index (χ4n) is 0.557. The zero-order chi connectivity index (χ0) is 7.33. The Balaban J connectivity index is 3.62. The van der Waals surface area contributed by atoms with E-state index in [0.29, 0.717) is 6.54 Å². The molecular formula is C5H15N3O. The fraction of sp³-hybridized carbons (Fsp3) is 1.00. The normalized spacial score (nSPS) is 12.0. The lowest BCUT2D eigenvalue weighted by molar-refractivity contribution is 0.0601. The van der Waals surface area contributed by atoms with Crippen molar-refractivity contribution in [3.05, 3.63) is 0 Å². The van der Waals surface area contributed by atoms with Gasteiger partial charge in [-0.3, -0.25) is 0 Å². The summed E-state index contributed by atoms with van der Waals surface area (Å²) >= 11 is 0. The highest BCUT2D eigenvalue weighted by Gasteiger charge is 2.20. The molecule has 0 fully saturated rings. The standard InChI is InChI=1S/C5H15N3O/c1-8-4-5(9,2-6)3-7/h8-9H,2-4,6-7H2,1H3. The van der Waals surface area contributed by atoms with Gasteiger partial charge in [0.1, 0.15) is 5.60 Å². The lowest BCUT2D eigenvalue weighted by Gasteiger charge is -2.23. The van der Waals surface area contributed by atoms with Crippen molar-refractivity contribution < 1.29 is 5.11 Å². The van der Waals surface area contributed by atoms with E-state index in [1.807, 2.05) is 0 Å². The van der Waals surface area contributed by atoms with Crippen molar-refractivity contribution >= 4 is 0 Å². The van der Waals surface area contributed by atoms with Crippen molar-refractivity contribution in [3.8, 4) is 0 Å². The molecule has 0 spiro atoms. The van der Waals surface area contributed by atoms with Crippen LogP contribution in [0, 0.1) is 0 Å². The molecule has 56 valence electrons. The van der Waals surface area contributed by atoms with Gasteiger partial charge in [0.05, 0.1) is 0 Å². The Bertz CT molecular complexity index is 72.6. The van der Waals surface area contributed by atoms with Crippen LogP contribution in [0.2, 0.25) is 0 Å². The Morgan fingerprint density at radius 3 is 2.00 bits per heavy atom. The summed E-state index contributed by atoms with van der Waals surface area (Å²) in [5, 5.41) is 12.1. The minimum atomic E-state index is -0.922. The maximum atomic E-state index is 9.32. The van der Waals surface area contributed by atoms with E-state index in [-0.39, 0.29) is 13.1 Å². The summed E-state index contributed by atoms with van der Waals surface area (Å²) < 4.78 is 0. The van der Waals surface area contributed by atoms with Crippen molar-refractivity contribution in [1.29, 1.82) is 0 Å². The minimum Gasteiger partial charge on any atom is -0.386 e. The van der Waals surface area contributed by atoms with E-state index in [1.54, 1.807) is 7.05 Å². The van der Waals surface area contributed by atoms with Crippen molar-refractivity contribution in [2.24, 2.45) is 11.5 Å². The number of hydrogen-bond donors (Lipinski definition) is 4. The predicted molar refractivity (Wildman–Crippen MR) is 37.0 cm³/mol. The van der Waals surface area contributed by atoms with E-state index in [1.165, 1.54) is 0 Å². The summed E-state index contributed by atoms with van der Waals surface area (Å²) in [4.78, 5) is 0. The predicted octanol–water partition coefficient (Wildman–Crippen LogP) is -2.15. The van der Waals surface area contributed by atoms with Crippen molar-refractivity contribution in [1.82, 2.24) is 5.32 Å². The molecule has 0 atom stereocenters. The van der Waals surface area contributed by atoms with E-state index < -0.39 is 5.60 Å². The Morgan fingerprint density at radius 2 is 1.89 bits per heavy atom. The van der Waals surface area contributed by atoms with Gasteiger partial charge >= 0.3 is 0 Å². The first-order chi connectivity index (χ1) is 4.18. The first-order valence-electron chi connectivity index (χ1n) is 2.95. The molecule has 0 aromatic rings. The molecule has 4 nitrogen and oxygen atoms in total. The monoisotopic (exact) mass is 133 g/mol. The molecule has 0 saturated heterocycles. The van der Waals surface area contributed by atoms with E-state index in [9.17, 15) is 5.11 Å². The first kappa shape index (κ1) is 8.84. The van der Waals surface area contributed by atoms with E-state index in [4.69, 9.17) is 11.5 Å².